The number of benzene rings is 8. The van der Waals surface area contributed by atoms with Crippen LogP contribution in [0, 0.1) is 0 Å². The Kier molecular flexibility index (Phi) is 6.15. The fourth-order valence-corrected chi connectivity index (χ4v) is 7.11. The van der Waals surface area contributed by atoms with Crippen LogP contribution >= 0.6 is 0 Å². The van der Waals surface area contributed by atoms with E-state index in [2.05, 4.69) is 127 Å². The second kappa shape index (κ2) is 11.0. The molecule has 0 N–H and O–H groups in total. The summed E-state index contributed by atoms with van der Waals surface area (Å²) in [6, 6.07) is 56.9. The second-order valence-electron chi connectivity index (χ2n) is 12.4. The predicted molar refractivity (Wildman–Crippen MR) is 201 cm³/mol. The minimum absolute atomic E-state index is 0.630. The fourth-order valence-electron chi connectivity index (χ4n) is 7.11. The first-order valence-electron chi connectivity index (χ1n) is 16.4. The Morgan fingerprint density at radius 2 is 0.878 bits per heavy atom. The molecule has 10 aromatic rings. The summed E-state index contributed by atoms with van der Waals surface area (Å²) in [5.74, 6) is 1.92. The predicted octanol–water partition coefficient (Wildman–Crippen LogP) is 11.9. The zero-order chi connectivity index (χ0) is 32.3. The van der Waals surface area contributed by atoms with E-state index in [1.165, 1.54) is 16.2 Å². The number of hydrogen-bond acceptors (Lipinski definition) is 4. The van der Waals surface area contributed by atoms with Gasteiger partial charge < -0.3 is 4.42 Å². The van der Waals surface area contributed by atoms with Gasteiger partial charge in [-0.2, -0.15) is 0 Å². The van der Waals surface area contributed by atoms with E-state index in [4.69, 9.17) is 19.4 Å². The van der Waals surface area contributed by atoms with E-state index in [-0.39, 0.29) is 0 Å². The van der Waals surface area contributed by atoms with Crippen LogP contribution in [0.1, 0.15) is 0 Å². The Balaban J connectivity index is 1.15. The van der Waals surface area contributed by atoms with E-state index in [0.717, 1.165) is 65.9 Å². The highest BCUT2D eigenvalue weighted by atomic mass is 16.3. The third-order valence-electron chi connectivity index (χ3n) is 9.52. The Morgan fingerprint density at radius 1 is 0.306 bits per heavy atom. The summed E-state index contributed by atoms with van der Waals surface area (Å²) >= 11 is 0. The van der Waals surface area contributed by atoms with E-state index < -0.39 is 0 Å². The quantitative estimate of drug-likeness (QED) is 0.144. The van der Waals surface area contributed by atoms with Crippen LogP contribution in [0.2, 0.25) is 0 Å². The monoisotopic (exact) mass is 625 g/mol. The highest BCUT2D eigenvalue weighted by Gasteiger charge is 2.18. The number of fused-ring (bicyclic) bond motifs is 7. The normalized spacial score (nSPS) is 11.7. The molecule has 0 spiro atoms. The van der Waals surface area contributed by atoms with Gasteiger partial charge in [-0.1, -0.05) is 140 Å². The van der Waals surface area contributed by atoms with Gasteiger partial charge in [0.25, 0.3) is 0 Å². The highest BCUT2D eigenvalue weighted by molar-refractivity contribution is 6.19. The van der Waals surface area contributed by atoms with Gasteiger partial charge in [0.1, 0.15) is 11.2 Å². The molecule has 0 radical (unpaired) electrons. The molecule has 0 unspecified atom stereocenters. The smallest absolute Gasteiger partial charge is 0.165 e. The molecule has 49 heavy (non-hydrogen) atoms. The van der Waals surface area contributed by atoms with Crippen molar-refractivity contribution < 1.29 is 4.42 Å². The minimum atomic E-state index is 0.630. The number of aromatic nitrogens is 3. The van der Waals surface area contributed by atoms with Gasteiger partial charge in [0.05, 0.1) is 0 Å². The molecule has 4 nitrogen and oxygen atoms in total. The SMILES string of the molecule is c1ccc(-c2nc(-c3ccc(-c4ccc5c(c4)oc4ccccc45)cc3)nc(-c3c4ccccc4cc4c3ccc3ccccc34)n2)cc1. The third kappa shape index (κ3) is 4.57. The minimum Gasteiger partial charge on any atom is -0.456 e. The first kappa shape index (κ1) is 27.5. The first-order valence-corrected chi connectivity index (χ1v) is 16.4. The van der Waals surface area contributed by atoms with Crippen molar-refractivity contribution in [3.05, 3.63) is 164 Å². The van der Waals surface area contributed by atoms with Crippen LogP contribution in [-0.2, 0) is 0 Å². The van der Waals surface area contributed by atoms with Crippen molar-refractivity contribution in [2.45, 2.75) is 0 Å². The Hall–Kier alpha value is -6.65. The van der Waals surface area contributed by atoms with Crippen LogP contribution in [0.5, 0.6) is 0 Å². The van der Waals surface area contributed by atoms with Gasteiger partial charge in [0.15, 0.2) is 17.5 Å². The summed E-state index contributed by atoms with van der Waals surface area (Å²) in [5.41, 5.74) is 6.84. The number of hydrogen-bond donors (Lipinski definition) is 0. The van der Waals surface area contributed by atoms with Crippen molar-refractivity contribution in [1.29, 1.82) is 0 Å². The largest absolute Gasteiger partial charge is 0.456 e. The summed E-state index contributed by atoms with van der Waals surface area (Å²) in [7, 11) is 0. The number of para-hydroxylation sites is 1. The van der Waals surface area contributed by atoms with Crippen molar-refractivity contribution in [2.75, 3.05) is 0 Å². The van der Waals surface area contributed by atoms with Crippen molar-refractivity contribution >= 4 is 54.3 Å². The third-order valence-corrected chi connectivity index (χ3v) is 9.52. The maximum Gasteiger partial charge on any atom is 0.165 e. The maximum absolute atomic E-state index is 6.18. The zero-order valence-corrected chi connectivity index (χ0v) is 26.3. The van der Waals surface area contributed by atoms with Crippen LogP contribution in [0.4, 0.5) is 0 Å². The van der Waals surface area contributed by atoms with Crippen molar-refractivity contribution in [3.63, 3.8) is 0 Å². The molecule has 0 fully saturated rings. The van der Waals surface area contributed by atoms with Gasteiger partial charge in [-0.3, -0.25) is 0 Å². The van der Waals surface area contributed by atoms with Crippen LogP contribution < -0.4 is 0 Å². The standard InChI is InChI=1S/C45H27N3O/c1-2-11-30(12-3-1)43-46-44(31-20-18-28(19-21-31)32-23-24-37-36-16-8-9-17-40(36)49-41(37)27-32)48-45(47-43)42-35-15-7-5-13-33(35)26-39-34-14-6-4-10-29(34)22-25-38(39)42/h1-27H. The van der Waals surface area contributed by atoms with E-state index >= 15 is 0 Å². The molecule has 4 heteroatoms. The molecular weight excluding hydrogens is 599 g/mol. The fraction of sp³-hybridized carbons (Fsp3) is 0. The molecule has 0 atom stereocenters. The van der Waals surface area contributed by atoms with Crippen molar-refractivity contribution in [2.24, 2.45) is 0 Å². The molecule has 2 aromatic heterocycles. The molecule has 0 saturated heterocycles. The van der Waals surface area contributed by atoms with Crippen molar-refractivity contribution in [1.82, 2.24) is 15.0 Å². The molecule has 0 saturated carbocycles. The molecule has 8 aromatic carbocycles. The van der Waals surface area contributed by atoms with Gasteiger partial charge in [-0.25, -0.2) is 15.0 Å². The lowest BCUT2D eigenvalue weighted by molar-refractivity contribution is 0.669. The first-order chi connectivity index (χ1) is 24.3. The van der Waals surface area contributed by atoms with Gasteiger partial charge in [0, 0.05) is 27.5 Å². The van der Waals surface area contributed by atoms with Crippen LogP contribution in [-0.4, -0.2) is 15.0 Å². The van der Waals surface area contributed by atoms with Gasteiger partial charge >= 0.3 is 0 Å². The zero-order valence-electron chi connectivity index (χ0n) is 26.3. The summed E-state index contributed by atoms with van der Waals surface area (Å²) < 4.78 is 6.18. The van der Waals surface area contributed by atoms with E-state index in [9.17, 15) is 0 Å². The molecule has 0 amide bonds. The lowest BCUT2D eigenvalue weighted by atomic mass is 9.93. The van der Waals surface area contributed by atoms with Crippen LogP contribution in [0.25, 0.3) is 99.5 Å². The van der Waals surface area contributed by atoms with E-state index in [1.807, 2.05) is 36.4 Å². The van der Waals surface area contributed by atoms with Crippen molar-refractivity contribution in [3.8, 4) is 45.3 Å². The summed E-state index contributed by atoms with van der Waals surface area (Å²) in [5, 5.41) is 9.22. The molecule has 0 aliphatic carbocycles. The topological polar surface area (TPSA) is 51.8 Å². The molecule has 0 aliphatic heterocycles. The van der Waals surface area contributed by atoms with Gasteiger partial charge in [-0.15, -0.1) is 0 Å². The second-order valence-corrected chi connectivity index (χ2v) is 12.4. The average molecular weight is 626 g/mol. The summed E-state index contributed by atoms with van der Waals surface area (Å²) in [6.07, 6.45) is 0. The average Bonchev–Trinajstić information content (AvgIpc) is 3.55. The lowest BCUT2D eigenvalue weighted by Crippen LogP contribution is -2.01. The highest BCUT2D eigenvalue weighted by Crippen LogP contribution is 2.39. The maximum atomic E-state index is 6.18. The molecular formula is C45H27N3O. The molecule has 0 aliphatic rings. The number of nitrogens with zero attached hydrogens (tertiary/aromatic N) is 3. The van der Waals surface area contributed by atoms with Gasteiger partial charge in [0.2, 0.25) is 0 Å². The van der Waals surface area contributed by atoms with E-state index in [1.54, 1.807) is 0 Å². The summed E-state index contributed by atoms with van der Waals surface area (Å²) in [4.78, 5) is 15.4. The number of furan rings is 1. The molecule has 2 heterocycles. The summed E-state index contributed by atoms with van der Waals surface area (Å²) in [6.45, 7) is 0. The van der Waals surface area contributed by atoms with Gasteiger partial charge in [-0.05, 0) is 67.7 Å². The molecule has 0 bridgehead atoms. The lowest BCUT2D eigenvalue weighted by Gasteiger charge is -2.14. The Labute approximate surface area is 282 Å². The van der Waals surface area contributed by atoms with E-state index in [0.29, 0.717) is 17.5 Å². The van der Waals surface area contributed by atoms with Crippen LogP contribution in [0.3, 0.4) is 0 Å². The Morgan fingerprint density at radius 3 is 1.69 bits per heavy atom. The Bertz CT molecular complexity index is 2870. The molecule has 10 rings (SSSR count). The molecule has 228 valence electrons. The number of rotatable bonds is 4. The van der Waals surface area contributed by atoms with Crippen LogP contribution in [0.15, 0.2) is 168 Å².